The van der Waals surface area contributed by atoms with Gasteiger partial charge in [-0.1, -0.05) is 6.07 Å². The van der Waals surface area contributed by atoms with Gasteiger partial charge in [0.25, 0.3) is 0 Å². The normalized spacial score (nSPS) is 13.0. The Morgan fingerprint density at radius 1 is 1.00 bits per heavy atom. The SMILES string of the molecule is [2H]C([2H])([2H])N(c1cc(-c2cnn(C)c2C)ccc1Nc1cc(Nc2cc(C)nc(C)n2)ncn1)S(C)(=O)=O. The molecule has 0 fully saturated rings. The molecule has 12 heteroatoms. The summed E-state index contributed by atoms with van der Waals surface area (Å²) >= 11 is 0. The van der Waals surface area contributed by atoms with E-state index in [0.717, 1.165) is 23.2 Å². The number of benzene rings is 1. The third-order valence-electron chi connectivity index (χ3n) is 5.25. The van der Waals surface area contributed by atoms with Gasteiger partial charge in [-0.05, 0) is 38.5 Å². The smallest absolute Gasteiger partial charge is 0.232 e. The van der Waals surface area contributed by atoms with E-state index in [-0.39, 0.29) is 11.4 Å². The number of hydrogen-bond acceptors (Lipinski definition) is 9. The van der Waals surface area contributed by atoms with Crippen LogP contribution in [0.5, 0.6) is 0 Å². The topological polar surface area (TPSA) is 131 Å². The lowest BCUT2D eigenvalue weighted by Crippen LogP contribution is -2.25. The molecule has 0 aliphatic heterocycles. The van der Waals surface area contributed by atoms with E-state index in [9.17, 15) is 8.42 Å². The van der Waals surface area contributed by atoms with Crippen LogP contribution in [0.3, 0.4) is 0 Å². The minimum Gasteiger partial charge on any atom is -0.338 e. The molecule has 182 valence electrons. The summed E-state index contributed by atoms with van der Waals surface area (Å²) in [6, 6.07) is 8.22. The zero-order valence-corrected chi connectivity index (χ0v) is 20.7. The second-order valence-electron chi connectivity index (χ2n) is 8.01. The number of aromatic nitrogens is 6. The molecule has 0 atom stereocenters. The van der Waals surface area contributed by atoms with Crippen LogP contribution in [0.2, 0.25) is 0 Å². The summed E-state index contributed by atoms with van der Waals surface area (Å²) in [4.78, 5) is 17.0. The van der Waals surface area contributed by atoms with Crippen molar-refractivity contribution in [1.82, 2.24) is 29.7 Å². The zero-order valence-electron chi connectivity index (χ0n) is 22.9. The minimum absolute atomic E-state index is 0.0663. The molecule has 35 heavy (non-hydrogen) atoms. The van der Waals surface area contributed by atoms with Gasteiger partial charge in [-0.15, -0.1) is 0 Å². The Morgan fingerprint density at radius 2 is 1.74 bits per heavy atom. The summed E-state index contributed by atoms with van der Waals surface area (Å²) in [6.07, 6.45) is 3.81. The van der Waals surface area contributed by atoms with Gasteiger partial charge < -0.3 is 10.6 Å². The highest BCUT2D eigenvalue weighted by atomic mass is 32.2. The molecule has 0 bridgehead atoms. The average Bonchev–Trinajstić information content (AvgIpc) is 3.11. The highest BCUT2D eigenvalue weighted by molar-refractivity contribution is 7.92. The molecule has 1 aromatic carbocycles. The van der Waals surface area contributed by atoms with Gasteiger partial charge in [0.05, 0.1) is 23.8 Å². The molecule has 11 nitrogen and oxygen atoms in total. The molecule has 0 saturated carbocycles. The quantitative estimate of drug-likeness (QED) is 0.395. The van der Waals surface area contributed by atoms with Gasteiger partial charge in [-0.3, -0.25) is 8.99 Å². The fraction of sp³-hybridized carbons (Fsp3) is 0.261. The lowest BCUT2D eigenvalue weighted by molar-refractivity contribution is 0.600. The lowest BCUT2D eigenvalue weighted by atomic mass is 10.1. The number of rotatable bonds is 7. The van der Waals surface area contributed by atoms with Gasteiger partial charge >= 0.3 is 0 Å². The Morgan fingerprint density at radius 3 is 2.37 bits per heavy atom. The van der Waals surface area contributed by atoms with Crippen molar-refractivity contribution in [3.8, 4) is 11.1 Å². The average molecular weight is 497 g/mol. The van der Waals surface area contributed by atoms with E-state index in [4.69, 9.17) is 4.11 Å². The number of hydrogen-bond donors (Lipinski definition) is 2. The highest BCUT2D eigenvalue weighted by Crippen LogP contribution is 2.35. The minimum atomic E-state index is -4.20. The van der Waals surface area contributed by atoms with Gasteiger partial charge in [-0.2, -0.15) is 5.10 Å². The van der Waals surface area contributed by atoms with Crippen LogP contribution in [0.4, 0.5) is 28.8 Å². The van der Waals surface area contributed by atoms with Crippen molar-refractivity contribution in [1.29, 1.82) is 0 Å². The molecule has 0 aliphatic carbocycles. The highest BCUT2D eigenvalue weighted by Gasteiger charge is 2.19. The number of aryl methyl sites for hydroxylation is 3. The Labute approximate surface area is 208 Å². The van der Waals surface area contributed by atoms with Gasteiger partial charge in [-0.25, -0.2) is 28.4 Å². The van der Waals surface area contributed by atoms with Crippen molar-refractivity contribution >= 4 is 38.9 Å². The Hall–Kier alpha value is -4.06. The first kappa shape index (κ1) is 20.3. The largest absolute Gasteiger partial charge is 0.338 e. The van der Waals surface area contributed by atoms with Gasteiger partial charge in [0, 0.05) is 47.2 Å². The maximum absolute atomic E-state index is 12.7. The maximum atomic E-state index is 12.7. The molecule has 4 aromatic rings. The molecule has 2 N–H and O–H groups in total. The summed E-state index contributed by atoms with van der Waals surface area (Å²) < 4.78 is 51.4. The molecule has 0 aliphatic rings. The molecule has 0 amide bonds. The second kappa shape index (κ2) is 9.29. The molecule has 3 aromatic heterocycles. The Bertz CT molecular complexity index is 1580. The summed E-state index contributed by atoms with van der Waals surface area (Å²) in [5.74, 6) is 1.86. The van der Waals surface area contributed by atoms with E-state index in [1.54, 1.807) is 49.1 Å². The van der Waals surface area contributed by atoms with E-state index >= 15 is 0 Å². The number of anilines is 5. The predicted molar refractivity (Wildman–Crippen MR) is 137 cm³/mol. The molecule has 0 radical (unpaired) electrons. The van der Waals surface area contributed by atoms with E-state index in [2.05, 4.69) is 35.7 Å². The number of sulfonamides is 1. The molecule has 0 unspecified atom stereocenters. The molecular weight excluding hydrogens is 466 g/mol. The first-order chi connectivity index (χ1) is 17.7. The van der Waals surface area contributed by atoms with Gasteiger partial charge in [0.15, 0.2) is 0 Å². The molecular formula is C23H27N9O2S. The van der Waals surface area contributed by atoms with Crippen LogP contribution in [-0.4, -0.2) is 51.4 Å². The first-order valence-corrected chi connectivity index (χ1v) is 12.4. The van der Waals surface area contributed by atoms with Crippen molar-refractivity contribution in [2.45, 2.75) is 20.8 Å². The predicted octanol–water partition coefficient (Wildman–Crippen LogP) is 3.48. The van der Waals surface area contributed by atoms with E-state index in [1.165, 1.54) is 12.4 Å². The number of nitrogens with one attached hydrogen (secondary N) is 2. The van der Waals surface area contributed by atoms with Gasteiger partial charge in [0.1, 0.15) is 29.6 Å². The van der Waals surface area contributed by atoms with Crippen LogP contribution in [0, 0.1) is 20.8 Å². The molecule has 4 rings (SSSR count). The van der Waals surface area contributed by atoms with Crippen molar-refractivity contribution < 1.29 is 12.5 Å². The summed E-state index contributed by atoms with van der Waals surface area (Å²) in [7, 11) is -2.42. The van der Waals surface area contributed by atoms with Crippen LogP contribution in [0.1, 0.15) is 21.3 Å². The van der Waals surface area contributed by atoms with Gasteiger partial charge in [0.2, 0.25) is 10.0 Å². The maximum Gasteiger partial charge on any atom is 0.232 e. The standard InChI is InChI=1S/C23H27N9O2S/c1-14-9-23(28-16(3)27-14)30-22-11-21(24-13-25-22)29-19-8-7-17(18-12-26-31(4)15(18)2)10-20(19)32(5)35(6,33)34/h7-13H,1-6H3,(H2,24,25,27,28,29,30)/i5D3. The lowest BCUT2D eigenvalue weighted by Gasteiger charge is -2.22. The summed E-state index contributed by atoms with van der Waals surface area (Å²) in [5, 5.41) is 10.4. The fourth-order valence-electron chi connectivity index (χ4n) is 3.48. The van der Waals surface area contributed by atoms with Crippen LogP contribution in [-0.2, 0) is 17.1 Å². The monoisotopic (exact) mass is 496 g/mol. The van der Waals surface area contributed by atoms with E-state index in [1.807, 2.05) is 13.8 Å². The second-order valence-corrected chi connectivity index (χ2v) is 9.84. The zero-order chi connectivity index (χ0) is 27.8. The molecule has 0 spiro atoms. The molecule has 3 heterocycles. The van der Waals surface area contributed by atoms with Crippen LogP contribution in [0.25, 0.3) is 11.1 Å². The summed E-state index contributed by atoms with van der Waals surface area (Å²) in [6.45, 7) is 2.52. The third-order valence-corrected chi connectivity index (χ3v) is 6.11. The number of nitrogens with zero attached hydrogens (tertiary/aromatic N) is 7. The Balaban J connectivity index is 1.77. The first-order valence-electron chi connectivity index (χ1n) is 12.0. The van der Waals surface area contributed by atoms with Crippen LogP contribution < -0.4 is 14.9 Å². The van der Waals surface area contributed by atoms with E-state index < -0.39 is 17.0 Å². The molecule has 0 saturated heterocycles. The van der Waals surface area contributed by atoms with Crippen molar-refractivity contribution in [2.75, 3.05) is 28.2 Å². The van der Waals surface area contributed by atoms with E-state index in [0.29, 0.717) is 33.1 Å². The fourth-order valence-corrected chi connectivity index (χ4v) is 3.99. The Kier molecular flexibility index (Phi) is 5.40. The van der Waals surface area contributed by atoms with Crippen LogP contribution >= 0.6 is 0 Å². The van der Waals surface area contributed by atoms with Crippen molar-refractivity contribution in [3.05, 3.63) is 60.1 Å². The van der Waals surface area contributed by atoms with Crippen molar-refractivity contribution in [2.24, 2.45) is 7.05 Å². The van der Waals surface area contributed by atoms with Crippen LogP contribution in [0.15, 0.2) is 42.9 Å². The third kappa shape index (κ3) is 5.38. The summed E-state index contributed by atoms with van der Waals surface area (Å²) in [5.41, 5.74) is 3.11. The van der Waals surface area contributed by atoms with Crippen molar-refractivity contribution in [3.63, 3.8) is 0 Å².